The summed E-state index contributed by atoms with van der Waals surface area (Å²) in [5.41, 5.74) is 2.33. The van der Waals surface area contributed by atoms with Crippen LogP contribution < -0.4 is 15.4 Å². The van der Waals surface area contributed by atoms with Gasteiger partial charge < -0.3 is 15.4 Å². The summed E-state index contributed by atoms with van der Waals surface area (Å²) in [5.74, 6) is 0.879. The number of benzene rings is 1. The van der Waals surface area contributed by atoms with Crippen LogP contribution in [-0.2, 0) is 4.79 Å². The lowest BCUT2D eigenvalue weighted by molar-refractivity contribution is -0.121. The molecule has 0 aliphatic carbocycles. The zero-order valence-electron chi connectivity index (χ0n) is 12.7. The summed E-state index contributed by atoms with van der Waals surface area (Å²) in [6.07, 6.45) is 0.379. The fourth-order valence-corrected chi connectivity index (χ4v) is 1.59. The van der Waals surface area contributed by atoms with Crippen molar-refractivity contribution >= 4 is 18.3 Å². The maximum atomic E-state index is 11.6. The van der Waals surface area contributed by atoms with E-state index in [0.717, 1.165) is 11.3 Å². The standard InChI is InChI=1S/C15H24N2O2.ClH/c1-11-6-5-7-14(13(11)3)19-9-8-15(18)17-10-12(2)16-4;/h5-7,12,16H,8-10H2,1-4H3,(H,17,18);1H. The minimum atomic E-state index is 0. The summed E-state index contributed by atoms with van der Waals surface area (Å²) in [5, 5.41) is 5.93. The van der Waals surface area contributed by atoms with E-state index < -0.39 is 0 Å². The molecule has 0 bridgehead atoms. The lowest BCUT2D eigenvalue weighted by Gasteiger charge is -2.13. The third kappa shape index (κ3) is 6.26. The van der Waals surface area contributed by atoms with Crippen molar-refractivity contribution in [3.05, 3.63) is 29.3 Å². The Labute approximate surface area is 127 Å². The lowest BCUT2D eigenvalue weighted by Crippen LogP contribution is -2.37. The smallest absolute Gasteiger partial charge is 0.223 e. The van der Waals surface area contributed by atoms with E-state index in [1.807, 2.05) is 46.0 Å². The Kier molecular flexibility index (Phi) is 9.01. The molecule has 5 heteroatoms. The molecule has 1 atom stereocenters. The van der Waals surface area contributed by atoms with Crippen molar-refractivity contribution in [2.75, 3.05) is 20.2 Å². The van der Waals surface area contributed by atoms with Gasteiger partial charge in [0.2, 0.25) is 5.91 Å². The molecule has 0 aliphatic heterocycles. The van der Waals surface area contributed by atoms with Crippen LogP contribution >= 0.6 is 12.4 Å². The Hall–Kier alpha value is -1.26. The normalized spacial score (nSPS) is 11.4. The van der Waals surface area contributed by atoms with Gasteiger partial charge in [-0.3, -0.25) is 4.79 Å². The van der Waals surface area contributed by atoms with Gasteiger partial charge in [0.05, 0.1) is 13.0 Å². The van der Waals surface area contributed by atoms with Gasteiger partial charge in [0.25, 0.3) is 0 Å². The van der Waals surface area contributed by atoms with Crippen LogP contribution in [0.4, 0.5) is 0 Å². The molecule has 0 heterocycles. The maximum Gasteiger partial charge on any atom is 0.223 e. The number of likely N-dealkylation sites (N-methyl/N-ethyl adjacent to an activating group) is 1. The van der Waals surface area contributed by atoms with Crippen molar-refractivity contribution in [3.63, 3.8) is 0 Å². The van der Waals surface area contributed by atoms with Crippen molar-refractivity contribution in [3.8, 4) is 5.75 Å². The largest absolute Gasteiger partial charge is 0.493 e. The van der Waals surface area contributed by atoms with Crippen molar-refractivity contribution < 1.29 is 9.53 Å². The summed E-state index contributed by atoms with van der Waals surface area (Å²) >= 11 is 0. The topological polar surface area (TPSA) is 50.4 Å². The molecule has 0 saturated heterocycles. The van der Waals surface area contributed by atoms with Crippen LogP contribution in [0.3, 0.4) is 0 Å². The molecule has 1 rings (SSSR count). The summed E-state index contributed by atoms with van der Waals surface area (Å²) in [4.78, 5) is 11.6. The average molecular weight is 301 g/mol. The van der Waals surface area contributed by atoms with E-state index >= 15 is 0 Å². The number of carbonyl (C=O) groups excluding carboxylic acids is 1. The number of hydrogen-bond acceptors (Lipinski definition) is 3. The third-order valence-corrected chi connectivity index (χ3v) is 3.24. The van der Waals surface area contributed by atoms with Crippen molar-refractivity contribution in [1.29, 1.82) is 0 Å². The number of aryl methyl sites for hydroxylation is 1. The van der Waals surface area contributed by atoms with Gasteiger partial charge in [-0.25, -0.2) is 0 Å². The number of rotatable bonds is 7. The summed E-state index contributed by atoms with van der Waals surface area (Å²) < 4.78 is 5.64. The van der Waals surface area contributed by atoms with E-state index in [1.165, 1.54) is 5.56 Å². The van der Waals surface area contributed by atoms with Crippen molar-refractivity contribution in [2.24, 2.45) is 0 Å². The molecular weight excluding hydrogens is 276 g/mol. The van der Waals surface area contributed by atoms with Gasteiger partial charge in [0, 0.05) is 12.6 Å². The fraction of sp³-hybridized carbons (Fsp3) is 0.533. The molecule has 20 heavy (non-hydrogen) atoms. The molecule has 1 aromatic carbocycles. The molecule has 0 aromatic heterocycles. The predicted molar refractivity (Wildman–Crippen MR) is 84.8 cm³/mol. The van der Waals surface area contributed by atoms with E-state index in [-0.39, 0.29) is 24.4 Å². The van der Waals surface area contributed by atoms with Crippen molar-refractivity contribution in [2.45, 2.75) is 33.2 Å². The third-order valence-electron chi connectivity index (χ3n) is 3.24. The lowest BCUT2D eigenvalue weighted by atomic mass is 10.1. The van der Waals surface area contributed by atoms with E-state index in [1.54, 1.807) is 0 Å². The van der Waals surface area contributed by atoms with Gasteiger partial charge in [-0.1, -0.05) is 12.1 Å². The molecule has 0 saturated carbocycles. The molecular formula is C15H25ClN2O2. The first-order valence-electron chi connectivity index (χ1n) is 6.67. The Morgan fingerprint density at radius 1 is 1.35 bits per heavy atom. The van der Waals surface area contributed by atoms with Gasteiger partial charge in [-0.2, -0.15) is 0 Å². The van der Waals surface area contributed by atoms with Crippen LogP contribution in [-0.4, -0.2) is 32.1 Å². The quantitative estimate of drug-likeness (QED) is 0.812. The molecule has 0 fully saturated rings. The number of hydrogen-bond donors (Lipinski definition) is 2. The highest BCUT2D eigenvalue weighted by Gasteiger charge is 2.05. The number of ether oxygens (including phenoxy) is 1. The molecule has 1 amide bonds. The van der Waals surface area contributed by atoms with Crippen LogP contribution in [0.25, 0.3) is 0 Å². The highest BCUT2D eigenvalue weighted by atomic mass is 35.5. The summed E-state index contributed by atoms with van der Waals surface area (Å²) in [6.45, 7) is 7.14. The Morgan fingerprint density at radius 2 is 2.05 bits per heavy atom. The molecule has 1 aromatic rings. The molecule has 1 unspecified atom stereocenters. The minimum absolute atomic E-state index is 0. The number of amides is 1. The first-order chi connectivity index (χ1) is 9.04. The number of halogens is 1. The van der Waals surface area contributed by atoms with Crippen molar-refractivity contribution in [1.82, 2.24) is 10.6 Å². The zero-order chi connectivity index (χ0) is 14.3. The van der Waals surface area contributed by atoms with Gasteiger partial charge in [0.1, 0.15) is 5.75 Å². The molecule has 0 spiro atoms. The van der Waals surface area contributed by atoms with Crippen LogP contribution in [0.15, 0.2) is 18.2 Å². The number of carbonyl (C=O) groups is 1. The zero-order valence-corrected chi connectivity index (χ0v) is 13.5. The Balaban J connectivity index is 0.00000361. The molecule has 4 nitrogen and oxygen atoms in total. The van der Waals surface area contributed by atoms with Gasteiger partial charge in [-0.05, 0) is 45.0 Å². The first kappa shape index (κ1) is 18.7. The van der Waals surface area contributed by atoms with E-state index in [2.05, 4.69) is 10.6 Å². The molecule has 114 valence electrons. The van der Waals surface area contributed by atoms with Crippen LogP contribution in [0.1, 0.15) is 24.5 Å². The molecule has 2 N–H and O–H groups in total. The fourth-order valence-electron chi connectivity index (χ4n) is 1.59. The van der Waals surface area contributed by atoms with Crippen LogP contribution in [0.5, 0.6) is 5.75 Å². The maximum absolute atomic E-state index is 11.6. The average Bonchev–Trinajstić information content (AvgIpc) is 2.40. The molecule has 0 radical (unpaired) electrons. The summed E-state index contributed by atoms with van der Waals surface area (Å²) in [7, 11) is 1.88. The highest BCUT2D eigenvalue weighted by molar-refractivity contribution is 5.85. The van der Waals surface area contributed by atoms with E-state index in [4.69, 9.17) is 4.74 Å². The summed E-state index contributed by atoms with van der Waals surface area (Å²) in [6, 6.07) is 6.23. The Bertz CT molecular complexity index is 424. The minimum Gasteiger partial charge on any atom is -0.493 e. The second-order valence-electron chi connectivity index (χ2n) is 4.79. The Morgan fingerprint density at radius 3 is 2.70 bits per heavy atom. The van der Waals surface area contributed by atoms with E-state index in [9.17, 15) is 4.79 Å². The first-order valence-corrected chi connectivity index (χ1v) is 6.67. The SMILES string of the molecule is CNC(C)CNC(=O)CCOc1cccc(C)c1C.Cl. The van der Waals surface area contributed by atoms with Gasteiger partial charge in [0.15, 0.2) is 0 Å². The van der Waals surface area contributed by atoms with Gasteiger partial charge >= 0.3 is 0 Å². The highest BCUT2D eigenvalue weighted by Crippen LogP contribution is 2.20. The second-order valence-corrected chi connectivity index (χ2v) is 4.79. The second kappa shape index (κ2) is 9.61. The predicted octanol–water partition coefficient (Wildman–Crippen LogP) is 2.22. The van der Waals surface area contributed by atoms with Gasteiger partial charge in [-0.15, -0.1) is 12.4 Å². The molecule has 0 aliphatic rings. The number of nitrogens with one attached hydrogen (secondary N) is 2. The monoisotopic (exact) mass is 300 g/mol. The van der Waals surface area contributed by atoms with Crippen LogP contribution in [0.2, 0.25) is 0 Å². The van der Waals surface area contributed by atoms with E-state index in [0.29, 0.717) is 19.6 Å². The van der Waals surface area contributed by atoms with Crippen LogP contribution in [0, 0.1) is 13.8 Å².